The highest BCUT2D eigenvalue weighted by atomic mass is 15.3. The minimum Gasteiger partial charge on any atom is -0.353 e. The van der Waals surface area contributed by atoms with Crippen LogP contribution in [0.15, 0.2) is 36.8 Å². The molecular weight excluding hydrogens is 324 g/mol. The van der Waals surface area contributed by atoms with E-state index in [2.05, 4.69) is 61.0 Å². The van der Waals surface area contributed by atoms with Crippen LogP contribution in [0.4, 0.5) is 5.82 Å². The maximum absolute atomic E-state index is 4.57. The Hall–Kier alpha value is -2.47. The molecule has 0 unspecified atom stereocenters. The first-order valence-electron chi connectivity index (χ1n) is 9.47. The molecule has 1 saturated carbocycles. The second-order valence-corrected chi connectivity index (χ2v) is 7.43. The number of fused-ring (bicyclic) bond motifs is 1. The molecule has 0 amide bonds. The van der Waals surface area contributed by atoms with Crippen LogP contribution in [0, 0.1) is 0 Å². The minimum atomic E-state index is 0.742. The van der Waals surface area contributed by atoms with Crippen LogP contribution in [0.3, 0.4) is 0 Å². The molecule has 6 heteroatoms. The third-order valence-electron chi connectivity index (χ3n) is 5.62. The third kappa shape index (κ3) is 2.84. The van der Waals surface area contributed by atoms with E-state index in [0.717, 1.165) is 55.4 Å². The van der Waals surface area contributed by atoms with Gasteiger partial charge in [0.25, 0.3) is 0 Å². The Bertz CT molecular complexity index is 916. The number of aromatic nitrogens is 4. The van der Waals surface area contributed by atoms with Crippen molar-refractivity contribution in [1.82, 2.24) is 24.6 Å². The van der Waals surface area contributed by atoms with E-state index in [-0.39, 0.29) is 0 Å². The van der Waals surface area contributed by atoms with Crippen molar-refractivity contribution in [2.24, 2.45) is 7.05 Å². The zero-order valence-electron chi connectivity index (χ0n) is 15.2. The summed E-state index contributed by atoms with van der Waals surface area (Å²) in [6.07, 6.45) is 6.39. The number of rotatable bonds is 4. The van der Waals surface area contributed by atoms with Gasteiger partial charge < -0.3 is 4.90 Å². The van der Waals surface area contributed by atoms with Gasteiger partial charge in [-0.3, -0.25) is 9.58 Å². The number of anilines is 1. The number of piperazine rings is 1. The van der Waals surface area contributed by atoms with Crippen molar-refractivity contribution in [1.29, 1.82) is 0 Å². The van der Waals surface area contributed by atoms with Gasteiger partial charge in [0, 0.05) is 62.3 Å². The third-order valence-corrected chi connectivity index (χ3v) is 5.62. The van der Waals surface area contributed by atoms with Crippen molar-refractivity contribution in [2.45, 2.75) is 25.3 Å². The second-order valence-electron chi connectivity index (χ2n) is 7.43. The molecule has 1 aromatic carbocycles. The van der Waals surface area contributed by atoms with Crippen molar-refractivity contribution in [3.05, 3.63) is 48.0 Å². The van der Waals surface area contributed by atoms with Crippen molar-refractivity contribution < 1.29 is 0 Å². The minimum absolute atomic E-state index is 0.742. The lowest BCUT2D eigenvalue weighted by molar-refractivity contribution is 0.248. The first-order valence-corrected chi connectivity index (χ1v) is 9.47. The lowest BCUT2D eigenvalue weighted by Crippen LogP contribution is -2.46. The largest absolute Gasteiger partial charge is 0.353 e. The van der Waals surface area contributed by atoms with Gasteiger partial charge in [-0.1, -0.05) is 12.1 Å². The van der Waals surface area contributed by atoms with Crippen LogP contribution in [-0.4, -0.2) is 50.8 Å². The monoisotopic (exact) mass is 348 g/mol. The number of hydrogen-bond acceptors (Lipinski definition) is 5. The number of para-hydroxylation sites is 1. The normalized spacial score (nSPS) is 18.6. The first kappa shape index (κ1) is 15.8. The summed E-state index contributed by atoms with van der Waals surface area (Å²) in [6.45, 7) is 5.12. The zero-order chi connectivity index (χ0) is 17.5. The lowest BCUT2D eigenvalue weighted by atomic mass is 10.1. The Kier molecular flexibility index (Phi) is 3.85. The maximum atomic E-state index is 4.57. The van der Waals surface area contributed by atoms with E-state index in [0.29, 0.717) is 0 Å². The number of benzene rings is 1. The van der Waals surface area contributed by atoms with E-state index in [9.17, 15) is 0 Å². The van der Waals surface area contributed by atoms with E-state index >= 15 is 0 Å². The van der Waals surface area contributed by atoms with Gasteiger partial charge >= 0.3 is 0 Å². The summed E-state index contributed by atoms with van der Waals surface area (Å²) in [6, 6.07) is 8.27. The van der Waals surface area contributed by atoms with Crippen molar-refractivity contribution in [2.75, 3.05) is 31.1 Å². The van der Waals surface area contributed by atoms with Crippen LogP contribution in [-0.2, 0) is 13.6 Å². The van der Waals surface area contributed by atoms with Crippen LogP contribution in [0.1, 0.15) is 30.0 Å². The molecule has 0 radical (unpaired) electrons. The summed E-state index contributed by atoms with van der Waals surface area (Å²) >= 11 is 0. The Morgan fingerprint density at radius 1 is 1.04 bits per heavy atom. The molecule has 1 saturated heterocycles. The molecule has 0 N–H and O–H groups in total. The Morgan fingerprint density at radius 2 is 1.85 bits per heavy atom. The molecule has 3 aromatic rings. The highest BCUT2D eigenvalue weighted by molar-refractivity contribution is 5.89. The zero-order valence-corrected chi connectivity index (χ0v) is 15.2. The first-order chi connectivity index (χ1) is 12.8. The standard InChI is InChI=1S/C20H24N6/c1-24-19(15-6-7-15)16(12-23-24)13-25-8-10-26(11-9-25)20-17-4-2-3-5-18(17)21-14-22-20/h2-5,12,14-15H,6-11,13H2,1H3. The van der Waals surface area contributed by atoms with Crippen molar-refractivity contribution in [3.63, 3.8) is 0 Å². The SMILES string of the molecule is Cn1ncc(CN2CCN(c3ncnc4ccccc34)CC2)c1C1CC1. The number of nitrogens with zero attached hydrogens (tertiary/aromatic N) is 6. The summed E-state index contributed by atoms with van der Waals surface area (Å²) in [5, 5.41) is 5.65. The van der Waals surface area contributed by atoms with E-state index in [1.807, 2.05) is 6.07 Å². The fourth-order valence-corrected chi connectivity index (χ4v) is 4.10. The van der Waals surface area contributed by atoms with Crippen LogP contribution in [0.5, 0.6) is 0 Å². The highest BCUT2D eigenvalue weighted by Gasteiger charge is 2.30. The molecule has 2 aromatic heterocycles. The summed E-state index contributed by atoms with van der Waals surface area (Å²) in [4.78, 5) is 13.9. The van der Waals surface area contributed by atoms with Crippen LogP contribution >= 0.6 is 0 Å². The number of hydrogen-bond donors (Lipinski definition) is 0. The second kappa shape index (κ2) is 6.36. The van der Waals surface area contributed by atoms with Crippen LogP contribution in [0.25, 0.3) is 10.9 Å². The predicted molar refractivity (Wildman–Crippen MR) is 102 cm³/mol. The molecule has 2 aliphatic rings. The van der Waals surface area contributed by atoms with Gasteiger partial charge in [-0.05, 0) is 25.0 Å². The fourth-order valence-electron chi connectivity index (χ4n) is 4.10. The van der Waals surface area contributed by atoms with Gasteiger partial charge in [-0.25, -0.2) is 9.97 Å². The van der Waals surface area contributed by atoms with Crippen LogP contribution < -0.4 is 4.90 Å². The molecule has 0 bridgehead atoms. The number of aryl methyl sites for hydroxylation is 1. The van der Waals surface area contributed by atoms with E-state index in [4.69, 9.17) is 0 Å². The molecule has 134 valence electrons. The molecule has 1 aliphatic carbocycles. The molecule has 3 heterocycles. The highest BCUT2D eigenvalue weighted by Crippen LogP contribution is 2.41. The van der Waals surface area contributed by atoms with Crippen molar-refractivity contribution in [3.8, 4) is 0 Å². The van der Waals surface area contributed by atoms with Gasteiger partial charge in [-0.15, -0.1) is 0 Å². The van der Waals surface area contributed by atoms with Gasteiger partial charge in [0.1, 0.15) is 12.1 Å². The van der Waals surface area contributed by atoms with Gasteiger partial charge in [0.2, 0.25) is 0 Å². The Labute approximate surface area is 153 Å². The van der Waals surface area contributed by atoms with E-state index in [1.54, 1.807) is 6.33 Å². The average molecular weight is 348 g/mol. The van der Waals surface area contributed by atoms with E-state index < -0.39 is 0 Å². The van der Waals surface area contributed by atoms with Gasteiger partial charge in [0.05, 0.1) is 11.7 Å². The summed E-state index contributed by atoms with van der Waals surface area (Å²) in [7, 11) is 2.08. The summed E-state index contributed by atoms with van der Waals surface area (Å²) < 4.78 is 2.08. The molecule has 26 heavy (non-hydrogen) atoms. The summed E-state index contributed by atoms with van der Waals surface area (Å²) in [5.41, 5.74) is 3.88. The quantitative estimate of drug-likeness (QED) is 0.725. The Morgan fingerprint density at radius 3 is 2.65 bits per heavy atom. The molecular formula is C20H24N6. The summed E-state index contributed by atoms with van der Waals surface area (Å²) in [5.74, 6) is 1.81. The van der Waals surface area contributed by atoms with Gasteiger partial charge in [0.15, 0.2) is 0 Å². The van der Waals surface area contributed by atoms with Crippen LogP contribution in [0.2, 0.25) is 0 Å². The fraction of sp³-hybridized carbons (Fsp3) is 0.450. The topological polar surface area (TPSA) is 50.1 Å². The van der Waals surface area contributed by atoms with E-state index in [1.165, 1.54) is 24.1 Å². The lowest BCUT2D eigenvalue weighted by Gasteiger charge is -2.35. The average Bonchev–Trinajstić information content (AvgIpc) is 3.45. The molecule has 2 fully saturated rings. The molecule has 1 aliphatic heterocycles. The molecule has 6 nitrogen and oxygen atoms in total. The predicted octanol–water partition coefficient (Wildman–Crippen LogP) is 2.56. The maximum Gasteiger partial charge on any atom is 0.139 e. The van der Waals surface area contributed by atoms with Crippen molar-refractivity contribution >= 4 is 16.7 Å². The molecule has 0 atom stereocenters. The molecule has 5 rings (SSSR count). The Balaban J connectivity index is 1.29. The smallest absolute Gasteiger partial charge is 0.139 e. The van der Waals surface area contributed by atoms with Gasteiger partial charge in [-0.2, -0.15) is 5.10 Å². The molecule has 0 spiro atoms.